The predicted molar refractivity (Wildman–Crippen MR) is 122 cm³/mol. The number of benzene rings is 1. The third-order valence-electron chi connectivity index (χ3n) is 5.09. The van der Waals surface area contributed by atoms with E-state index < -0.39 is 0 Å². The van der Waals surface area contributed by atoms with Crippen molar-refractivity contribution in [1.82, 2.24) is 14.9 Å². The number of aromatic nitrogens is 1. The van der Waals surface area contributed by atoms with E-state index in [0.717, 1.165) is 24.4 Å². The molecule has 1 saturated heterocycles. The Kier molecular flexibility index (Phi) is 7.71. The largest absolute Gasteiger partial charge is 0.306 e. The topological polar surface area (TPSA) is 68.8 Å². The average Bonchev–Trinajstić information content (AvgIpc) is 2.76. The molecule has 30 heavy (non-hydrogen) atoms. The van der Waals surface area contributed by atoms with Crippen molar-refractivity contribution < 1.29 is 9.59 Å². The third-order valence-corrected chi connectivity index (χ3v) is 6.04. The lowest BCUT2D eigenvalue weighted by molar-refractivity contribution is -0.110. The van der Waals surface area contributed by atoms with E-state index in [1.807, 2.05) is 23.4 Å². The first kappa shape index (κ1) is 22.6. The van der Waals surface area contributed by atoms with E-state index in [-0.39, 0.29) is 5.91 Å². The zero-order chi connectivity index (χ0) is 21.7. The Morgan fingerprint density at radius 2 is 1.97 bits per heavy atom. The molecule has 7 nitrogen and oxygen atoms in total. The normalized spacial score (nSPS) is 15.2. The molecule has 1 N–H and O–H groups in total. The molecule has 2 heterocycles. The second kappa shape index (κ2) is 10.3. The fraction of sp³-hybridized carbons (Fsp3) is 0.381. The lowest BCUT2D eigenvalue weighted by Crippen LogP contribution is -2.55. The van der Waals surface area contributed by atoms with Gasteiger partial charge in [0.15, 0.2) is 0 Å². The van der Waals surface area contributed by atoms with Gasteiger partial charge in [0.2, 0.25) is 6.41 Å². The number of hydrogen-bond acceptors (Lipinski definition) is 6. The van der Waals surface area contributed by atoms with Crippen LogP contribution in [0.15, 0.2) is 41.4 Å². The molecule has 9 heteroatoms. The molecule has 1 aromatic carbocycles. The number of hydrogen-bond donors (Lipinski definition) is 1. The molecule has 2 aromatic rings. The number of amides is 2. The van der Waals surface area contributed by atoms with Crippen LogP contribution in [0.2, 0.25) is 5.02 Å². The Hall–Kier alpha value is -2.13. The quantitative estimate of drug-likeness (QED) is 0.516. The van der Waals surface area contributed by atoms with Crippen LogP contribution in [-0.2, 0) is 4.79 Å². The molecule has 0 atom stereocenters. The van der Waals surface area contributed by atoms with Crippen LogP contribution in [0.4, 0.5) is 11.5 Å². The molecule has 160 valence electrons. The van der Waals surface area contributed by atoms with E-state index in [9.17, 15) is 9.59 Å². The molecule has 0 spiro atoms. The van der Waals surface area contributed by atoms with E-state index in [0.29, 0.717) is 41.2 Å². The summed E-state index contributed by atoms with van der Waals surface area (Å²) in [5, 5.41) is 6.82. The first-order chi connectivity index (χ1) is 14.4. The summed E-state index contributed by atoms with van der Waals surface area (Å²) >= 11 is 7.41. The molecular formula is C21H26ClN5O2S. The van der Waals surface area contributed by atoms with Crippen molar-refractivity contribution in [2.45, 2.75) is 24.8 Å². The SMILES string of the molecule is CSc1ccc(N(C=O)N2CCN(C(C)C)CC2)c(C(=O)Nc2ccc(Cl)cn2)c1. The number of halogens is 1. The predicted octanol–water partition coefficient (Wildman–Crippen LogP) is 3.61. The number of pyridine rings is 1. The zero-order valence-corrected chi connectivity index (χ0v) is 18.9. The van der Waals surface area contributed by atoms with E-state index in [4.69, 9.17) is 11.6 Å². The van der Waals surface area contributed by atoms with Gasteiger partial charge in [0, 0.05) is 43.3 Å². The van der Waals surface area contributed by atoms with Gasteiger partial charge in [0.05, 0.1) is 16.3 Å². The van der Waals surface area contributed by atoms with Gasteiger partial charge in [-0.05, 0) is 50.4 Å². The molecule has 0 saturated carbocycles. The van der Waals surface area contributed by atoms with Gasteiger partial charge >= 0.3 is 0 Å². The smallest absolute Gasteiger partial charge is 0.259 e. The van der Waals surface area contributed by atoms with E-state index in [2.05, 4.69) is 29.0 Å². The van der Waals surface area contributed by atoms with Crippen molar-refractivity contribution in [3.8, 4) is 0 Å². The highest BCUT2D eigenvalue weighted by molar-refractivity contribution is 7.98. The van der Waals surface area contributed by atoms with Gasteiger partial charge in [-0.1, -0.05) is 11.6 Å². The van der Waals surface area contributed by atoms with Crippen molar-refractivity contribution in [2.24, 2.45) is 0 Å². The lowest BCUT2D eigenvalue weighted by Gasteiger charge is -2.41. The van der Waals surface area contributed by atoms with Gasteiger partial charge < -0.3 is 5.32 Å². The van der Waals surface area contributed by atoms with Crippen LogP contribution < -0.4 is 10.3 Å². The lowest BCUT2D eigenvalue weighted by atomic mass is 10.1. The number of thioether (sulfide) groups is 1. The maximum absolute atomic E-state index is 13.1. The number of hydrazine groups is 1. The van der Waals surface area contributed by atoms with Crippen LogP contribution in [0.25, 0.3) is 0 Å². The highest BCUT2D eigenvalue weighted by Crippen LogP contribution is 2.28. The fourth-order valence-electron chi connectivity index (χ4n) is 3.38. The molecule has 1 aliphatic heterocycles. The third kappa shape index (κ3) is 5.31. The van der Waals surface area contributed by atoms with Gasteiger partial charge in [0.25, 0.3) is 5.91 Å². The van der Waals surface area contributed by atoms with Gasteiger partial charge in [-0.3, -0.25) is 14.5 Å². The van der Waals surface area contributed by atoms with E-state index >= 15 is 0 Å². The highest BCUT2D eigenvalue weighted by Gasteiger charge is 2.26. The number of carbonyl (C=O) groups is 2. The molecule has 0 aliphatic carbocycles. The van der Waals surface area contributed by atoms with Gasteiger partial charge in [-0.25, -0.2) is 15.0 Å². The Balaban J connectivity index is 1.87. The average molecular weight is 448 g/mol. The first-order valence-corrected chi connectivity index (χ1v) is 11.4. The monoisotopic (exact) mass is 447 g/mol. The maximum Gasteiger partial charge on any atom is 0.259 e. The summed E-state index contributed by atoms with van der Waals surface area (Å²) in [7, 11) is 0. The van der Waals surface area contributed by atoms with Crippen LogP contribution >= 0.6 is 23.4 Å². The van der Waals surface area contributed by atoms with Crippen LogP contribution in [0.1, 0.15) is 24.2 Å². The molecule has 0 bridgehead atoms. The molecule has 0 unspecified atom stereocenters. The minimum atomic E-state index is -0.330. The van der Waals surface area contributed by atoms with Gasteiger partial charge in [-0.2, -0.15) is 0 Å². The number of rotatable bonds is 7. The fourth-order valence-corrected chi connectivity index (χ4v) is 3.93. The number of nitrogens with zero attached hydrogens (tertiary/aromatic N) is 4. The Morgan fingerprint density at radius 3 is 2.53 bits per heavy atom. The molecule has 2 amide bonds. The minimum absolute atomic E-state index is 0.330. The van der Waals surface area contributed by atoms with Gasteiger partial charge in [-0.15, -0.1) is 11.8 Å². The first-order valence-electron chi connectivity index (χ1n) is 9.77. The van der Waals surface area contributed by atoms with Crippen molar-refractivity contribution in [2.75, 3.05) is 42.8 Å². The number of anilines is 2. The molecule has 1 fully saturated rings. The summed E-state index contributed by atoms with van der Waals surface area (Å²) < 4.78 is 0. The van der Waals surface area contributed by atoms with Crippen LogP contribution in [0, 0.1) is 0 Å². The second-order valence-corrected chi connectivity index (χ2v) is 8.55. The molecule has 1 aromatic heterocycles. The number of carbonyl (C=O) groups excluding carboxylic acids is 2. The van der Waals surface area contributed by atoms with Crippen molar-refractivity contribution >= 4 is 47.2 Å². The van der Waals surface area contributed by atoms with E-state index in [1.54, 1.807) is 23.2 Å². The molecule has 1 aliphatic rings. The van der Waals surface area contributed by atoms with Crippen molar-refractivity contribution in [3.63, 3.8) is 0 Å². The maximum atomic E-state index is 13.1. The van der Waals surface area contributed by atoms with Crippen LogP contribution in [-0.4, -0.2) is 65.7 Å². The molecular weight excluding hydrogens is 422 g/mol. The Morgan fingerprint density at radius 1 is 1.23 bits per heavy atom. The minimum Gasteiger partial charge on any atom is -0.306 e. The van der Waals surface area contributed by atoms with E-state index in [1.165, 1.54) is 18.0 Å². The molecule has 3 rings (SSSR count). The number of nitrogens with one attached hydrogen (secondary N) is 1. The summed E-state index contributed by atoms with van der Waals surface area (Å²) in [5.41, 5.74) is 0.962. The van der Waals surface area contributed by atoms with Gasteiger partial charge in [0.1, 0.15) is 5.82 Å². The molecule has 0 radical (unpaired) electrons. The summed E-state index contributed by atoms with van der Waals surface area (Å²) in [6.07, 6.45) is 4.19. The number of piperazine rings is 1. The summed E-state index contributed by atoms with van der Waals surface area (Å²) in [6.45, 7) is 7.48. The summed E-state index contributed by atoms with van der Waals surface area (Å²) in [5.74, 6) is 0.0662. The summed E-state index contributed by atoms with van der Waals surface area (Å²) in [6, 6.07) is 9.30. The Bertz CT molecular complexity index is 885. The Labute approximate surface area is 186 Å². The van der Waals surface area contributed by atoms with Crippen molar-refractivity contribution in [3.05, 3.63) is 47.1 Å². The van der Waals surface area contributed by atoms with Crippen LogP contribution in [0.5, 0.6) is 0 Å². The van der Waals surface area contributed by atoms with Crippen LogP contribution in [0.3, 0.4) is 0 Å². The highest BCUT2D eigenvalue weighted by atomic mass is 35.5. The zero-order valence-electron chi connectivity index (χ0n) is 17.3. The standard InChI is InChI=1S/C21H26ClN5O2S/c1-15(2)25-8-10-26(11-9-25)27(14-28)19-6-5-17(30-3)12-18(19)21(29)24-20-7-4-16(22)13-23-20/h4-7,12-15H,8-11H2,1-3H3,(H,23,24,29). The van der Waals surface area contributed by atoms with Crippen molar-refractivity contribution in [1.29, 1.82) is 0 Å². The summed E-state index contributed by atoms with van der Waals surface area (Å²) in [4.78, 5) is 32.6. The second-order valence-electron chi connectivity index (χ2n) is 7.23.